The van der Waals surface area contributed by atoms with Gasteiger partial charge in [0.05, 0.1) is 12.6 Å². The summed E-state index contributed by atoms with van der Waals surface area (Å²) in [4.78, 5) is 4.14. The van der Waals surface area contributed by atoms with Gasteiger partial charge in [0.1, 0.15) is 17.4 Å². The fourth-order valence-electron chi connectivity index (χ4n) is 1.44. The van der Waals surface area contributed by atoms with Gasteiger partial charge in [-0.3, -0.25) is 4.98 Å². The molecule has 0 amide bonds. The summed E-state index contributed by atoms with van der Waals surface area (Å²) in [6.07, 6.45) is 1.50. The Labute approximate surface area is 91.9 Å². The smallest absolute Gasteiger partial charge is 0.147 e. The number of ether oxygens (including phenoxy) is 1. The molecule has 15 heavy (non-hydrogen) atoms. The van der Waals surface area contributed by atoms with Gasteiger partial charge in [0, 0.05) is 16.6 Å². The zero-order valence-corrected chi connectivity index (χ0v) is 8.75. The third-order valence-corrected chi connectivity index (χ3v) is 2.34. The summed E-state index contributed by atoms with van der Waals surface area (Å²) in [5.41, 5.74) is 1.17. The minimum atomic E-state index is 0.410. The molecule has 4 heteroatoms. The van der Waals surface area contributed by atoms with Crippen molar-refractivity contribution in [2.75, 3.05) is 7.11 Å². The van der Waals surface area contributed by atoms with Crippen LogP contribution in [0.1, 0.15) is 5.56 Å². The molecule has 0 atom stereocenters. The summed E-state index contributed by atoms with van der Waals surface area (Å²) < 4.78 is 5.18. The molecule has 2 rings (SSSR count). The molecule has 74 valence electrons. The molecule has 0 aliphatic carbocycles. The van der Waals surface area contributed by atoms with Crippen LogP contribution in [0.5, 0.6) is 5.75 Å². The highest BCUT2D eigenvalue weighted by atomic mass is 35.5. The molecule has 0 aliphatic rings. The first-order valence-corrected chi connectivity index (χ1v) is 4.66. The van der Waals surface area contributed by atoms with Gasteiger partial charge < -0.3 is 4.74 Å². The molecule has 1 aromatic carbocycles. The Morgan fingerprint density at radius 1 is 1.47 bits per heavy atom. The number of halogens is 1. The monoisotopic (exact) mass is 218 g/mol. The molecule has 0 radical (unpaired) electrons. The van der Waals surface area contributed by atoms with E-state index >= 15 is 0 Å². The predicted octanol–water partition coefficient (Wildman–Crippen LogP) is 2.77. The minimum absolute atomic E-state index is 0.410. The lowest BCUT2D eigenvalue weighted by Gasteiger charge is -2.06. The zero-order valence-electron chi connectivity index (χ0n) is 7.99. The van der Waals surface area contributed by atoms with E-state index in [0.717, 1.165) is 10.9 Å². The minimum Gasteiger partial charge on any atom is -0.495 e. The fourth-order valence-corrected chi connectivity index (χ4v) is 1.61. The summed E-state index contributed by atoms with van der Waals surface area (Å²) in [6, 6.07) is 7.31. The number of nitrogens with zero attached hydrogens (tertiary/aromatic N) is 2. The first-order valence-electron chi connectivity index (χ1n) is 4.28. The largest absolute Gasteiger partial charge is 0.495 e. The van der Waals surface area contributed by atoms with E-state index in [9.17, 15) is 0 Å². The number of rotatable bonds is 1. The molecule has 0 unspecified atom stereocenters. The normalized spacial score (nSPS) is 9.93. The van der Waals surface area contributed by atoms with Gasteiger partial charge in [-0.1, -0.05) is 11.6 Å². The van der Waals surface area contributed by atoms with Crippen LogP contribution < -0.4 is 4.74 Å². The van der Waals surface area contributed by atoms with E-state index in [4.69, 9.17) is 21.6 Å². The molecular weight excluding hydrogens is 212 g/mol. The molecule has 0 fully saturated rings. The van der Waals surface area contributed by atoms with Gasteiger partial charge in [-0.15, -0.1) is 0 Å². The molecule has 1 aromatic heterocycles. The van der Waals surface area contributed by atoms with Gasteiger partial charge >= 0.3 is 0 Å². The van der Waals surface area contributed by atoms with E-state index in [-0.39, 0.29) is 0 Å². The Kier molecular flexibility index (Phi) is 2.44. The number of fused-ring (bicyclic) bond motifs is 1. The second-order valence-electron chi connectivity index (χ2n) is 2.98. The number of pyridine rings is 1. The Morgan fingerprint density at radius 2 is 2.27 bits per heavy atom. The van der Waals surface area contributed by atoms with Gasteiger partial charge in [-0.05, 0) is 18.2 Å². The van der Waals surface area contributed by atoms with Crippen molar-refractivity contribution in [3.8, 4) is 11.8 Å². The SMILES string of the molecule is COc1c(C#N)cnc2ccc(Cl)cc12. The van der Waals surface area contributed by atoms with Crippen LogP contribution in [0.25, 0.3) is 10.9 Å². The Bertz CT molecular complexity index is 560. The van der Waals surface area contributed by atoms with Crippen LogP contribution in [0.4, 0.5) is 0 Å². The first-order chi connectivity index (χ1) is 7.26. The van der Waals surface area contributed by atoms with Crippen molar-refractivity contribution in [3.63, 3.8) is 0 Å². The molecule has 2 aromatic rings. The zero-order chi connectivity index (χ0) is 10.8. The summed E-state index contributed by atoms with van der Waals surface area (Å²) in [5.74, 6) is 0.519. The van der Waals surface area contributed by atoms with Crippen molar-refractivity contribution in [1.29, 1.82) is 5.26 Å². The Balaban J connectivity index is 2.86. The number of hydrogen-bond acceptors (Lipinski definition) is 3. The van der Waals surface area contributed by atoms with Gasteiger partial charge in [-0.2, -0.15) is 5.26 Å². The number of nitriles is 1. The van der Waals surface area contributed by atoms with E-state index in [1.165, 1.54) is 13.3 Å². The topological polar surface area (TPSA) is 45.9 Å². The van der Waals surface area contributed by atoms with Crippen LogP contribution in [-0.2, 0) is 0 Å². The summed E-state index contributed by atoms with van der Waals surface area (Å²) in [6.45, 7) is 0. The van der Waals surface area contributed by atoms with Gasteiger partial charge in [0.25, 0.3) is 0 Å². The lowest BCUT2D eigenvalue weighted by atomic mass is 10.1. The van der Waals surface area contributed by atoms with E-state index in [0.29, 0.717) is 16.3 Å². The molecule has 0 saturated carbocycles. The Hall–Kier alpha value is -1.79. The third-order valence-electron chi connectivity index (χ3n) is 2.11. The van der Waals surface area contributed by atoms with Crippen LogP contribution in [0.2, 0.25) is 5.02 Å². The molecular formula is C11H7ClN2O. The quantitative estimate of drug-likeness (QED) is 0.740. The Morgan fingerprint density at radius 3 is 2.93 bits per heavy atom. The maximum atomic E-state index is 8.88. The van der Waals surface area contributed by atoms with Crippen LogP contribution in [0.3, 0.4) is 0 Å². The van der Waals surface area contributed by atoms with Crippen molar-refractivity contribution in [3.05, 3.63) is 35.0 Å². The second kappa shape index (κ2) is 3.76. The van der Waals surface area contributed by atoms with Crippen LogP contribution in [0, 0.1) is 11.3 Å². The van der Waals surface area contributed by atoms with Crippen LogP contribution >= 0.6 is 11.6 Å². The van der Waals surface area contributed by atoms with E-state index in [2.05, 4.69) is 4.98 Å². The summed E-state index contributed by atoms with van der Waals surface area (Å²) >= 11 is 5.88. The maximum Gasteiger partial charge on any atom is 0.147 e. The molecule has 3 nitrogen and oxygen atoms in total. The van der Waals surface area contributed by atoms with Crippen LogP contribution in [0.15, 0.2) is 24.4 Å². The maximum absolute atomic E-state index is 8.88. The fraction of sp³-hybridized carbons (Fsp3) is 0.0909. The second-order valence-corrected chi connectivity index (χ2v) is 3.41. The lowest BCUT2D eigenvalue weighted by Crippen LogP contribution is -1.91. The molecule has 0 spiro atoms. The molecule has 0 saturated heterocycles. The van der Waals surface area contributed by atoms with Crippen molar-refractivity contribution in [1.82, 2.24) is 4.98 Å². The molecule has 0 aliphatic heterocycles. The van der Waals surface area contributed by atoms with Gasteiger partial charge in [0.15, 0.2) is 0 Å². The lowest BCUT2D eigenvalue weighted by molar-refractivity contribution is 0.418. The molecule has 0 N–H and O–H groups in total. The number of methoxy groups -OCH3 is 1. The van der Waals surface area contributed by atoms with Crippen molar-refractivity contribution in [2.24, 2.45) is 0 Å². The van der Waals surface area contributed by atoms with Crippen molar-refractivity contribution in [2.45, 2.75) is 0 Å². The highest BCUT2D eigenvalue weighted by Crippen LogP contribution is 2.29. The van der Waals surface area contributed by atoms with E-state index in [1.54, 1.807) is 18.2 Å². The number of hydrogen-bond donors (Lipinski definition) is 0. The van der Waals surface area contributed by atoms with Gasteiger partial charge in [0.2, 0.25) is 0 Å². The van der Waals surface area contributed by atoms with Gasteiger partial charge in [-0.25, -0.2) is 0 Å². The first kappa shape index (κ1) is 9.75. The highest BCUT2D eigenvalue weighted by Gasteiger charge is 2.08. The summed E-state index contributed by atoms with van der Waals surface area (Å²) in [7, 11) is 1.52. The van der Waals surface area contributed by atoms with Crippen molar-refractivity contribution >= 4 is 22.5 Å². The predicted molar refractivity (Wildman–Crippen MR) is 58.0 cm³/mol. The number of benzene rings is 1. The number of aromatic nitrogens is 1. The average molecular weight is 219 g/mol. The van der Waals surface area contributed by atoms with E-state index in [1.807, 2.05) is 6.07 Å². The molecule has 1 heterocycles. The third kappa shape index (κ3) is 1.60. The summed E-state index contributed by atoms with van der Waals surface area (Å²) in [5, 5.41) is 10.2. The van der Waals surface area contributed by atoms with E-state index < -0.39 is 0 Å². The highest BCUT2D eigenvalue weighted by molar-refractivity contribution is 6.31. The average Bonchev–Trinajstić information content (AvgIpc) is 2.27. The van der Waals surface area contributed by atoms with Crippen molar-refractivity contribution < 1.29 is 4.74 Å². The standard InChI is InChI=1S/C11H7ClN2O/c1-15-11-7(5-13)6-14-10-3-2-8(12)4-9(10)11/h2-4,6H,1H3. The van der Waals surface area contributed by atoms with Crippen LogP contribution in [-0.4, -0.2) is 12.1 Å². The molecule has 0 bridgehead atoms.